The van der Waals surface area contributed by atoms with E-state index in [1.807, 2.05) is 13.0 Å². The number of nitrogens with zero attached hydrogens (tertiary/aromatic N) is 2. The molecule has 0 spiro atoms. The summed E-state index contributed by atoms with van der Waals surface area (Å²) in [7, 11) is 0. The molecular weight excluding hydrogens is 206 g/mol. The Balaban J connectivity index is 2.18. The lowest BCUT2D eigenvalue weighted by molar-refractivity contribution is 1.30. The first kappa shape index (κ1) is 8.61. The first-order valence-corrected chi connectivity index (χ1v) is 5.56. The fourth-order valence-electron chi connectivity index (χ4n) is 1.59. The first-order chi connectivity index (χ1) is 7.33. The number of thiazole rings is 1. The molecule has 0 atom stereocenters. The lowest BCUT2D eigenvalue weighted by Crippen LogP contribution is -1.78. The van der Waals surface area contributed by atoms with Crippen LogP contribution in [-0.2, 0) is 0 Å². The summed E-state index contributed by atoms with van der Waals surface area (Å²) in [5.41, 5.74) is 4.22. The van der Waals surface area contributed by atoms with E-state index in [0.717, 1.165) is 27.3 Å². The Labute approximate surface area is 90.8 Å². The Morgan fingerprint density at radius 1 is 1.33 bits per heavy atom. The molecule has 0 amide bonds. The number of rotatable bonds is 1. The number of hydrogen-bond donors (Lipinski definition) is 1. The molecular formula is C11H9N3S. The zero-order chi connectivity index (χ0) is 10.3. The van der Waals surface area contributed by atoms with Crippen molar-refractivity contribution in [3.05, 3.63) is 34.9 Å². The van der Waals surface area contributed by atoms with Crippen LogP contribution in [-0.4, -0.2) is 15.0 Å². The zero-order valence-corrected chi connectivity index (χ0v) is 9.01. The van der Waals surface area contributed by atoms with Crippen molar-refractivity contribution in [2.75, 3.05) is 0 Å². The SMILES string of the molecule is Cc1nc(-c2ccc3nc[nH]c3c2)cs1. The lowest BCUT2D eigenvalue weighted by Gasteiger charge is -1.95. The van der Waals surface area contributed by atoms with Gasteiger partial charge in [-0.25, -0.2) is 9.97 Å². The Morgan fingerprint density at radius 2 is 2.27 bits per heavy atom. The minimum absolute atomic E-state index is 0.991. The van der Waals surface area contributed by atoms with Gasteiger partial charge < -0.3 is 4.98 Å². The van der Waals surface area contributed by atoms with E-state index in [9.17, 15) is 0 Å². The topological polar surface area (TPSA) is 41.6 Å². The number of H-pyrrole nitrogens is 1. The normalized spacial score (nSPS) is 11.0. The molecule has 2 heterocycles. The molecule has 0 aliphatic rings. The average molecular weight is 215 g/mol. The molecule has 1 aromatic carbocycles. The van der Waals surface area contributed by atoms with E-state index in [0.29, 0.717) is 0 Å². The summed E-state index contributed by atoms with van der Waals surface area (Å²) in [4.78, 5) is 11.7. The summed E-state index contributed by atoms with van der Waals surface area (Å²) in [6, 6.07) is 6.14. The minimum atomic E-state index is 0.991. The third-order valence-corrected chi connectivity index (χ3v) is 3.11. The summed E-state index contributed by atoms with van der Waals surface area (Å²) in [6.45, 7) is 2.02. The highest BCUT2D eigenvalue weighted by Crippen LogP contribution is 2.23. The molecule has 3 aromatic rings. The molecule has 15 heavy (non-hydrogen) atoms. The molecule has 0 unspecified atom stereocenters. The highest BCUT2D eigenvalue weighted by atomic mass is 32.1. The number of benzene rings is 1. The van der Waals surface area contributed by atoms with Crippen molar-refractivity contribution in [1.82, 2.24) is 15.0 Å². The maximum atomic E-state index is 4.46. The van der Waals surface area contributed by atoms with Crippen molar-refractivity contribution in [1.29, 1.82) is 0 Å². The summed E-state index contributed by atoms with van der Waals surface area (Å²) in [5, 5.41) is 3.17. The van der Waals surface area contributed by atoms with Crippen LogP contribution in [0.1, 0.15) is 5.01 Å². The van der Waals surface area contributed by atoms with Crippen molar-refractivity contribution >= 4 is 22.4 Å². The quantitative estimate of drug-likeness (QED) is 0.678. The first-order valence-electron chi connectivity index (χ1n) is 4.68. The third kappa shape index (κ3) is 1.43. The van der Waals surface area contributed by atoms with E-state index in [1.54, 1.807) is 17.7 Å². The molecule has 0 bridgehead atoms. The van der Waals surface area contributed by atoms with E-state index in [-0.39, 0.29) is 0 Å². The number of nitrogens with one attached hydrogen (secondary N) is 1. The molecule has 4 heteroatoms. The summed E-state index contributed by atoms with van der Waals surface area (Å²) < 4.78 is 0. The summed E-state index contributed by atoms with van der Waals surface area (Å²) >= 11 is 1.67. The van der Waals surface area contributed by atoms with Gasteiger partial charge in [-0.3, -0.25) is 0 Å². The molecule has 1 N–H and O–H groups in total. The minimum Gasteiger partial charge on any atom is -0.345 e. The number of imidazole rings is 1. The molecule has 74 valence electrons. The van der Waals surface area contributed by atoms with Gasteiger partial charge in [0.1, 0.15) is 0 Å². The van der Waals surface area contributed by atoms with Crippen LogP contribution in [0.25, 0.3) is 22.3 Å². The van der Waals surface area contributed by atoms with Crippen molar-refractivity contribution in [3.63, 3.8) is 0 Å². The second kappa shape index (κ2) is 3.17. The van der Waals surface area contributed by atoms with Crippen LogP contribution in [0.2, 0.25) is 0 Å². The maximum Gasteiger partial charge on any atom is 0.0931 e. The van der Waals surface area contributed by atoms with Crippen molar-refractivity contribution < 1.29 is 0 Å². The molecule has 0 saturated carbocycles. The van der Waals surface area contributed by atoms with Gasteiger partial charge in [0.05, 0.1) is 28.1 Å². The molecule has 0 saturated heterocycles. The second-order valence-corrected chi connectivity index (χ2v) is 4.45. The molecule has 2 aromatic heterocycles. The molecule has 0 fully saturated rings. The number of fused-ring (bicyclic) bond motifs is 1. The van der Waals surface area contributed by atoms with Crippen LogP contribution in [0, 0.1) is 6.92 Å². The smallest absolute Gasteiger partial charge is 0.0931 e. The second-order valence-electron chi connectivity index (χ2n) is 3.39. The van der Waals surface area contributed by atoms with E-state index >= 15 is 0 Å². The number of aromatic amines is 1. The number of hydrogen-bond acceptors (Lipinski definition) is 3. The van der Waals surface area contributed by atoms with Gasteiger partial charge in [0.25, 0.3) is 0 Å². The Bertz CT molecular complexity index is 609. The molecule has 0 aliphatic carbocycles. The Morgan fingerprint density at radius 3 is 3.07 bits per heavy atom. The van der Waals surface area contributed by atoms with Crippen LogP contribution in [0.4, 0.5) is 0 Å². The Kier molecular flexibility index (Phi) is 1.82. The summed E-state index contributed by atoms with van der Waals surface area (Å²) in [5.74, 6) is 0. The lowest BCUT2D eigenvalue weighted by atomic mass is 10.1. The van der Waals surface area contributed by atoms with Crippen LogP contribution in [0.15, 0.2) is 29.9 Å². The van der Waals surface area contributed by atoms with Crippen LogP contribution in [0.3, 0.4) is 0 Å². The third-order valence-electron chi connectivity index (χ3n) is 2.34. The van der Waals surface area contributed by atoms with Crippen molar-refractivity contribution in [2.24, 2.45) is 0 Å². The molecule has 3 rings (SSSR count). The van der Waals surface area contributed by atoms with Gasteiger partial charge in [0, 0.05) is 10.9 Å². The van der Waals surface area contributed by atoms with E-state index in [4.69, 9.17) is 0 Å². The monoisotopic (exact) mass is 215 g/mol. The van der Waals surface area contributed by atoms with Gasteiger partial charge in [-0.05, 0) is 19.1 Å². The molecule has 3 nitrogen and oxygen atoms in total. The van der Waals surface area contributed by atoms with Crippen LogP contribution >= 0.6 is 11.3 Å². The summed E-state index contributed by atoms with van der Waals surface area (Å²) in [6.07, 6.45) is 1.71. The largest absolute Gasteiger partial charge is 0.345 e. The zero-order valence-electron chi connectivity index (χ0n) is 8.19. The number of aromatic nitrogens is 3. The van der Waals surface area contributed by atoms with Crippen molar-refractivity contribution in [3.8, 4) is 11.3 Å². The van der Waals surface area contributed by atoms with Gasteiger partial charge in [-0.1, -0.05) is 6.07 Å². The fraction of sp³-hybridized carbons (Fsp3) is 0.0909. The predicted molar refractivity (Wildman–Crippen MR) is 61.9 cm³/mol. The fourth-order valence-corrected chi connectivity index (χ4v) is 2.21. The number of aryl methyl sites for hydroxylation is 1. The van der Waals surface area contributed by atoms with E-state index in [1.165, 1.54) is 0 Å². The van der Waals surface area contributed by atoms with Crippen LogP contribution in [0.5, 0.6) is 0 Å². The van der Waals surface area contributed by atoms with E-state index in [2.05, 4.69) is 32.5 Å². The van der Waals surface area contributed by atoms with Crippen LogP contribution < -0.4 is 0 Å². The van der Waals surface area contributed by atoms with Gasteiger partial charge in [-0.2, -0.15) is 0 Å². The van der Waals surface area contributed by atoms with Crippen molar-refractivity contribution in [2.45, 2.75) is 6.92 Å². The Hall–Kier alpha value is -1.68. The molecule has 0 aliphatic heterocycles. The van der Waals surface area contributed by atoms with Gasteiger partial charge >= 0.3 is 0 Å². The highest BCUT2D eigenvalue weighted by molar-refractivity contribution is 7.09. The average Bonchev–Trinajstić information content (AvgIpc) is 2.84. The maximum absolute atomic E-state index is 4.46. The van der Waals surface area contributed by atoms with E-state index < -0.39 is 0 Å². The predicted octanol–water partition coefficient (Wildman–Crippen LogP) is 2.99. The van der Waals surface area contributed by atoms with Gasteiger partial charge in [-0.15, -0.1) is 11.3 Å². The standard InChI is InChI=1S/C11H9N3S/c1-7-14-11(5-15-7)8-2-3-9-10(4-8)13-6-12-9/h2-6H,1H3,(H,12,13). The van der Waals surface area contributed by atoms with Gasteiger partial charge in [0.2, 0.25) is 0 Å². The molecule has 0 radical (unpaired) electrons. The highest BCUT2D eigenvalue weighted by Gasteiger charge is 2.03. The van der Waals surface area contributed by atoms with Gasteiger partial charge in [0.15, 0.2) is 0 Å².